The maximum Gasteiger partial charge on any atom is 0.243 e. The molecular formula is C15H23BrN2O2S. The molecule has 1 fully saturated rings. The second kappa shape index (κ2) is 7.22. The summed E-state index contributed by atoms with van der Waals surface area (Å²) in [7, 11) is -3.36. The van der Waals surface area contributed by atoms with Crippen molar-refractivity contribution in [2.24, 2.45) is 5.92 Å². The van der Waals surface area contributed by atoms with Crippen LogP contribution in [0.25, 0.3) is 0 Å². The second-order valence-electron chi connectivity index (χ2n) is 5.57. The minimum Gasteiger partial charge on any atom is -0.317 e. The molecule has 0 saturated carbocycles. The van der Waals surface area contributed by atoms with E-state index in [0.717, 1.165) is 36.0 Å². The minimum atomic E-state index is -3.36. The smallest absolute Gasteiger partial charge is 0.243 e. The Bertz CT molecular complexity index is 581. The summed E-state index contributed by atoms with van der Waals surface area (Å²) in [4.78, 5) is 0.380. The van der Waals surface area contributed by atoms with Crippen LogP contribution >= 0.6 is 15.9 Å². The molecule has 1 N–H and O–H groups in total. The molecule has 1 aliphatic heterocycles. The number of halogens is 1. The van der Waals surface area contributed by atoms with Crippen LogP contribution in [-0.4, -0.2) is 38.9 Å². The summed E-state index contributed by atoms with van der Waals surface area (Å²) in [5.74, 6) is 0.584. The predicted octanol–water partition coefficient (Wildman–Crippen LogP) is 2.77. The highest BCUT2D eigenvalue weighted by Gasteiger charge is 2.29. The van der Waals surface area contributed by atoms with E-state index in [1.54, 1.807) is 16.4 Å². The molecule has 0 amide bonds. The highest BCUT2D eigenvalue weighted by Crippen LogP contribution is 2.26. The van der Waals surface area contributed by atoms with Gasteiger partial charge in [-0.25, -0.2) is 8.42 Å². The molecular weight excluding hydrogens is 352 g/mol. The van der Waals surface area contributed by atoms with Crippen molar-refractivity contribution < 1.29 is 8.42 Å². The molecule has 1 aromatic rings. The van der Waals surface area contributed by atoms with Gasteiger partial charge in [-0.2, -0.15) is 4.31 Å². The number of benzene rings is 1. The van der Waals surface area contributed by atoms with E-state index in [4.69, 9.17) is 0 Å². The lowest BCUT2D eigenvalue weighted by molar-refractivity contribution is 0.268. The van der Waals surface area contributed by atoms with Crippen LogP contribution in [0.1, 0.15) is 25.3 Å². The van der Waals surface area contributed by atoms with Crippen molar-refractivity contribution in [3.63, 3.8) is 0 Å². The van der Waals surface area contributed by atoms with Crippen LogP contribution in [0.4, 0.5) is 0 Å². The first-order chi connectivity index (χ1) is 9.95. The monoisotopic (exact) mass is 374 g/mol. The lowest BCUT2D eigenvalue weighted by Crippen LogP contribution is -2.40. The van der Waals surface area contributed by atoms with Crippen molar-refractivity contribution in [3.8, 4) is 0 Å². The molecule has 21 heavy (non-hydrogen) atoms. The van der Waals surface area contributed by atoms with Gasteiger partial charge >= 0.3 is 0 Å². The molecule has 4 nitrogen and oxygen atoms in total. The van der Waals surface area contributed by atoms with Gasteiger partial charge in [-0.15, -0.1) is 0 Å². The van der Waals surface area contributed by atoms with E-state index in [0.29, 0.717) is 23.9 Å². The summed E-state index contributed by atoms with van der Waals surface area (Å²) >= 11 is 3.41. The summed E-state index contributed by atoms with van der Waals surface area (Å²) in [6.45, 7) is 7.23. The first kappa shape index (κ1) is 16.9. The van der Waals surface area contributed by atoms with Crippen LogP contribution in [0.2, 0.25) is 0 Å². The number of rotatable bonds is 5. The number of aryl methyl sites for hydroxylation is 1. The Balaban J connectivity index is 2.06. The number of piperidine rings is 1. The average molecular weight is 375 g/mol. The Morgan fingerprint density at radius 3 is 2.57 bits per heavy atom. The first-order valence-corrected chi connectivity index (χ1v) is 9.65. The molecule has 1 aromatic carbocycles. The highest BCUT2D eigenvalue weighted by atomic mass is 79.9. The number of hydrogen-bond donors (Lipinski definition) is 1. The molecule has 0 bridgehead atoms. The Hall–Kier alpha value is -0.430. The van der Waals surface area contributed by atoms with Gasteiger partial charge in [0.15, 0.2) is 0 Å². The summed E-state index contributed by atoms with van der Waals surface area (Å²) in [5, 5.41) is 3.34. The zero-order valence-electron chi connectivity index (χ0n) is 12.6. The lowest BCUT2D eigenvalue weighted by atomic mass is 9.98. The van der Waals surface area contributed by atoms with Gasteiger partial charge in [-0.05, 0) is 56.5 Å². The number of nitrogens with one attached hydrogen (secondary N) is 1. The number of nitrogens with zero attached hydrogens (tertiary/aromatic N) is 1. The Morgan fingerprint density at radius 2 is 2.00 bits per heavy atom. The van der Waals surface area contributed by atoms with Crippen LogP contribution in [0.3, 0.4) is 0 Å². The van der Waals surface area contributed by atoms with Crippen molar-refractivity contribution in [1.29, 1.82) is 0 Å². The summed E-state index contributed by atoms with van der Waals surface area (Å²) in [5.41, 5.74) is 1.04. The van der Waals surface area contributed by atoms with Crippen molar-refractivity contribution in [3.05, 3.63) is 28.2 Å². The zero-order valence-corrected chi connectivity index (χ0v) is 15.0. The second-order valence-corrected chi connectivity index (χ2v) is 8.36. The van der Waals surface area contributed by atoms with E-state index in [9.17, 15) is 8.42 Å². The topological polar surface area (TPSA) is 49.4 Å². The first-order valence-electron chi connectivity index (χ1n) is 7.42. The van der Waals surface area contributed by atoms with E-state index in [1.807, 2.05) is 13.0 Å². The Morgan fingerprint density at radius 1 is 1.33 bits per heavy atom. The average Bonchev–Trinajstić information content (AvgIpc) is 2.48. The Kier molecular flexibility index (Phi) is 5.82. The maximum atomic E-state index is 12.7. The number of sulfonamides is 1. The van der Waals surface area contributed by atoms with Crippen LogP contribution in [-0.2, 0) is 10.0 Å². The van der Waals surface area contributed by atoms with Crippen molar-refractivity contribution in [1.82, 2.24) is 9.62 Å². The molecule has 0 atom stereocenters. The molecule has 0 aliphatic carbocycles. The van der Waals surface area contributed by atoms with Crippen molar-refractivity contribution in [2.75, 3.05) is 26.2 Å². The van der Waals surface area contributed by atoms with Gasteiger partial charge in [0.2, 0.25) is 10.0 Å². The molecule has 0 spiro atoms. The molecule has 6 heteroatoms. The SMILES string of the molecule is CCNCC1CCN(S(=O)(=O)c2ccc(C)c(Br)c2)CC1. The molecule has 0 radical (unpaired) electrons. The lowest BCUT2D eigenvalue weighted by Gasteiger charge is -2.31. The van der Waals surface area contributed by atoms with Gasteiger partial charge < -0.3 is 5.32 Å². The van der Waals surface area contributed by atoms with E-state index in [2.05, 4.69) is 28.2 Å². The summed E-state index contributed by atoms with van der Waals surface area (Å²) < 4.78 is 27.8. The minimum absolute atomic E-state index is 0.380. The number of hydrogen-bond acceptors (Lipinski definition) is 3. The molecule has 0 aromatic heterocycles. The zero-order chi connectivity index (χ0) is 15.5. The van der Waals surface area contributed by atoms with Gasteiger partial charge in [-0.1, -0.05) is 28.9 Å². The largest absolute Gasteiger partial charge is 0.317 e. The van der Waals surface area contributed by atoms with Crippen molar-refractivity contribution >= 4 is 26.0 Å². The van der Waals surface area contributed by atoms with Crippen LogP contribution in [0, 0.1) is 12.8 Å². The van der Waals surface area contributed by atoms with Crippen molar-refractivity contribution in [2.45, 2.75) is 31.6 Å². The van der Waals surface area contributed by atoms with Crippen LogP contribution < -0.4 is 5.32 Å². The Labute approximate surface area is 136 Å². The van der Waals surface area contributed by atoms with Gasteiger partial charge in [0, 0.05) is 17.6 Å². The van der Waals surface area contributed by atoms with Gasteiger partial charge in [-0.3, -0.25) is 0 Å². The summed E-state index contributed by atoms with van der Waals surface area (Å²) in [6, 6.07) is 5.24. The molecule has 118 valence electrons. The molecule has 1 heterocycles. The van der Waals surface area contributed by atoms with E-state index in [-0.39, 0.29) is 0 Å². The standard InChI is InChI=1S/C15H23BrN2O2S/c1-3-17-11-13-6-8-18(9-7-13)21(19,20)14-5-4-12(2)15(16)10-14/h4-5,10,13,17H,3,6-9,11H2,1-2H3. The normalized spacial score (nSPS) is 18.0. The maximum absolute atomic E-state index is 12.7. The predicted molar refractivity (Wildman–Crippen MR) is 88.9 cm³/mol. The fourth-order valence-corrected chi connectivity index (χ4v) is 4.61. The molecule has 1 saturated heterocycles. The fourth-order valence-electron chi connectivity index (χ4n) is 2.59. The molecule has 1 aliphatic rings. The van der Waals surface area contributed by atoms with Crippen LogP contribution in [0.15, 0.2) is 27.6 Å². The fraction of sp³-hybridized carbons (Fsp3) is 0.600. The van der Waals surface area contributed by atoms with Gasteiger partial charge in [0.25, 0.3) is 0 Å². The third kappa shape index (κ3) is 4.06. The third-order valence-corrected chi connectivity index (χ3v) is 6.79. The van der Waals surface area contributed by atoms with Gasteiger partial charge in [0.1, 0.15) is 0 Å². The van der Waals surface area contributed by atoms with Crippen LogP contribution in [0.5, 0.6) is 0 Å². The quantitative estimate of drug-likeness (QED) is 0.861. The molecule has 2 rings (SSSR count). The summed E-state index contributed by atoms with van der Waals surface area (Å²) in [6.07, 6.45) is 1.86. The van der Waals surface area contributed by atoms with E-state index < -0.39 is 10.0 Å². The third-order valence-electron chi connectivity index (χ3n) is 4.04. The highest BCUT2D eigenvalue weighted by molar-refractivity contribution is 9.10. The van der Waals surface area contributed by atoms with E-state index in [1.165, 1.54) is 0 Å². The van der Waals surface area contributed by atoms with E-state index >= 15 is 0 Å². The van der Waals surface area contributed by atoms with Gasteiger partial charge in [0.05, 0.1) is 4.90 Å². The molecule has 0 unspecified atom stereocenters.